The molecular weight excluding hydrogens is 170 g/mol. The van der Waals surface area contributed by atoms with Gasteiger partial charge in [0.1, 0.15) is 0 Å². The van der Waals surface area contributed by atoms with Crippen LogP contribution >= 0.6 is 11.3 Å². The van der Waals surface area contributed by atoms with E-state index < -0.39 is 0 Å². The van der Waals surface area contributed by atoms with E-state index >= 15 is 0 Å². The molecule has 12 heavy (non-hydrogen) atoms. The topological polar surface area (TPSA) is 33.1 Å². The molecule has 2 rings (SSSR count). The molecule has 0 aliphatic rings. The highest BCUT2D eigenvalue weighted by molar-refractivity contribution is 7.13. The summed E-state index contributed by atoms with van der Waals surface area (Å²) in [6, 6.07) is 9.73. The maximum absolute atomic E-state index is 9.30. The number of aromatic nitrogens is 1. The Kier molecular flexibility index (Phi) is 1.80. The molecule has 2 nitrogen and oxygen atoms in total. The number of hydrogen-bond acceptors (Lipinski definition) is 3. The number of hydrogen-bond donors (Lipinski definition) is 1. The first-order valence-electron chi connectivity index (χ1n) is 3.56. The Bertz CT molecular complexity index is 369. The fourth-order valence-corrected chi connectivity index (χ4v) is 1.72. The Morgan fingerprint density at radius 3 is 2.50 bits per heavy atom. The van der Waals surface area contributed by atoms with Crippen LogP contribution in [0.3, 0.4) is 0 Å². The van der Waals surface area contributed by atoms with Crippen LogP contribution in [0.25, 0.3) is 10.4 Å². The molecule has 1 heterocycles. The highest BCUT2D eigenvalue weighted by Crippen LogP contribution is 2.31. The number of benzene rings is 1. The van der Waals surface area contributed by atoms with E-state index in [0.29, 0.717) is 0 Å². The maximum atomic E-state index is 9.30. The van der Waals surface area contributed by atoms with Crippen LogP contribution in [0.2, 0.25) is 0 Å². The van der Waals surface area contributed by atoms with Crippen LogP contribution < -0.4 is 0 Å². The first kappa shape index (κ1) is 7.31. The third kappa shape index (κ3) is 1.19. The van der Waals surface area contributed by atoms with E-state index in [0.717, 1.165) is 10.4 Å². The molecule has 0 amide bonds. The fourth-order valence-electron chi connectivity index (χ4n) is 1.03. The smallest absolute Gasteiger partial charge is 0.230 e. The minimum atomic E-state index is 0.117. The summed E-state index contributed by atoms with van der Waals surface area (Å²) >= 11 is 1.44. The molecule has 60 valence electrons. The number of thiazole rings is 1. The van der Waals surface area contributed by atoms with Crippen molar-refractivity contribution in [3.8, 4) is 16.3 Å². The third-order valence-electron chi connectivity index (χ3n) is 1.58. The number of rotatable bonds is 1. The molecule has 0 atom stereocenters. The van der Waals surface area contributed by atoms with E-state index in [1.165, 1.54) is 11.3 Å². The van der Waals surface area contributed by atoms with E-state index in [1.807, 2.05) is 30.3 Å². The van der Waals surface area contributed by atoms with Crippen LogP contribution in [-0.2, 0) is 0 Å². The molecule has 1 N–H and O–H groups in total. The van der Waals surface area contributed by atoms with Gasteiger partial charge < -0.3 is 5.11 Å². The second kappa shape index (κ2) is 2.95. The Hall–Kier alpha value is -1.35. The van der Waals surface area contributed by atoms with Crippen molar-refractivity contribution < 1.29 is 5.11 Å². The summed E-state index contributed by atoms with van der Waals surface area (Å²) in [5, 5.41) is 9.30. The molecule has 0 bridgehead atoms. The molecule has 0 radical (unpaired) electrons. The summed E-state index contributed by atoms with van der Waals surface area (Å²) in [5.74, 6) is 0.117. The molecule has 2 aromatic rings. The molecule has 0 aliphatic carbocycles. The molecule has 3 heteroatoms. The summed E-state index contributed by atoms with van der Waals surface area (Å²) in [6.45, 7) is 0. The minimum absolute atomic E-state index is 0.117. The Morgan fingerprint density at radius 2 is 1.92 bits per heavy atom. The first-order chi connectivity index (χ1) is 5.88. The van der Waals surface area contributed by atoms with Gasteiger partial charge in [-0.25, -0.2) is 4.98 Å². The molecule has 0 aliphatic heterocycles. The van der Waals surface area contributed by atoms with Crippen molar-refractivity contribution >= 4 is 11.3 Å². The van der Waals surface area contributed by atoms with Crippen molar-refractivity contribution in [2.24, 2.45) is 0 Å². The van der Waals surface area contributed by atoms with E-state index in [2.05, 4.69) is 4.98 Å². The van der Waals surface area contributed by atoms with Gasteiger partial charge in [0, 0.05) is 0 Å². The van der Waals surface area contributed by atoms with Gasteiger partial charge >= 0.3 is 0 Å². The first-order valence-corrected chi connectivity index (χ1v) is 4.44. The predicted molar refractivity (Wildman–Crippen MR) is 49.2 cm³/mol. The van der Waals surface area contributed by atoms with E-state index in [4.69, 9.17) is 0 Å². The highest BCUT2D eigenvalue weighted by Gasteiger charge is 2.04. The summed E-state index contributed by atoms with van der Waals surface area (Å²) in [4.78, 5) is 4.60. The number of aromatic hydroxyl groups is 1. The zero-order valence-corrected chi connectivity index (χ0v) is 7.08. The quantitative estimate of drug-likeness (QED) is 0.726. The molecule has 0 unspecified atom stereocenters. The summed E-state index contributed by atoms with van der Waals surface area (Å²) in [7, 11) is 0. The standard InChI is InChI=1S/C9H7NOS/c11-9-8(12-6-10-9)7-4-2-1-3-5-7/h1-6,11H. The van der Waals surface area contributed by atoms with Crippen molar-refractivity contribution in [2.75, 3.05) is 0 Å². The van der Waals surface area contributed by atoms with Crippen molar-refractivity contribution in [3.05, 3.63) is 35.8 Å². The van der Waals surface area contributed by atoms with Crippen LogP contribution in [0.1, 0.15) is 0 Å². The average Bonchev–Trinajstić information content (AvgIpc) is 2.53. The van der Waals surface area contributed by atoms with Crippen molar-refractivity contribution in [1.82, 2.24) is 4.98 Å². The molecule has 0 saturated heterocycles. The lowest BCUT2D eigenvalue weighted by Crippen LogP contribution is -1.71. The molecular formula is C9H7NOS. The summed E-state index contributed by atoms with van der Waals surface area (Å²) < 4.78 is 0. The zero-order chi connectivity index (χ0) is 8.39. The molecule has 1 aromatic heterocycles. The monoisotopic (exact) mass is 177 g/mol. The van der Waals surface area contributed by atoms with Gasteiger partial charge in [0.25, 0.3) is 0 Å². The van der Waals surface area contributed by atoms with E-state index in [-0.39, 0.29) is 5.88 Å². The summed E-state index contributed by atoms with van der Waals surface area (Å²) in [6.07, 6.45) is 0. The fraction of sp³-hybridized carbons (Fsp3) is 0. The van der Waals surface area contributed by atoms with E-state index in [1.54, 1.807) is 5.51 Å². The zero-order valence-electron chi connectivity index (χ0n) is 6.27. The van der Waals surface area contributed by atoms with Gasteiger partial charge in [-0.2, -0.15) is 0 Å². The Labute approximate surface area is 74.1 Å². The molecule has 0 saturated carbocycles. The Morgan fingerprint density at radius 1 is 1.17 bits per heavy atom. The van der Waals surface area contributed by atoms with Crippen LogP contribution in [0.4, 0.5) is 0 Å². The van der Waals surface area contributed by atoms with Crippen LogP contribution in [0, 0.1) is 0 Å². The lowest BCUT2D eigenvalue weighted by atomic mass is 10.2. The predicted octanol–water partition coefficient (Wildman–Crippen LogP) is 2.52. The maximum Gasteiger partial charge on any atom is 0.230 e. The van der Waals surface area contributed by atoms with Gasteiger partial charge in [0.2, 0.25) is 5.88 Å². The normalized spacial score (nSPS) is 10.0. The van der Waals surface area contributed by atoms with Crippen molar-refractivity contribution in [3.63, 3.8) is 0 Å². The van der Waals surface area contributed by atoms with E-state index in [9.17, 15) is 5.11 Å². The SMILES string of the molecule is Oc1ncsc1-c1ccccc1. The van der Waals surface area contributed by atoms with Crippen molar-refractivity contribution in [2.45, 2.75) is 0 Å². The lowest BCUT2D eigenvalue weighted by molar-refractivity contribution is 0.459. The van der Waals surface area contributed by atoms with Gasteiger partial charge in [-0.05, 0) is 5.56 Å². The molecule has 0 fully saturated rings. The van der Waals surface area contributed by atoms with Crippen LogP contribution in [-0.4, -0.2) is 10.1 Å². The molecule has 0 spiro atoms. The highest BCUT2D eigenvalue weighted by atomic mass is 32.1. The minimum Gasteiger partial charge on any atom is -0.492 e. The van der Waals surface area contributed by atoms with Crippen LogP contribution in [0.5, 0.6) is 5.88 Å². The van der Waals surface area contributed by atoms with Crippen LogP contribution in [0.15, 0.2) is 35.8 Å². The van der Waals surface area contributed by atoms with Gasteiger partial charge in [-0.15, -0.1) is 11.3 Å². The van der Waals surface area contributed by atoms with Gasteiger partial charge in [0.15, 0.2) is 0 Å². The molecule has 1 aromatic carbocycles. The van der Waals surface area contributed by atoms with Gasteiger partial charge in [-0.3, -0.25) is 0 Å². The second-order valence-corrected chi connectivity index (χ2v) is 3.23. The average molecular weight is 177 g/mol. The third-order valence-corrected chi connectivity index (χ3v) is 2.45. The number of nitrogens with zero attached hydrogens (tertiary/aromatic N) is 1. The Balaban J connectivity index is 2.51. The lowest BCUT2D eigenvalue weighted by Gasteiger charge is -1.94. The van der Waals surface area contributed by atoms with Gasteiger partial charge in [0.05, 0.1) is 10.4 Å². The second-order valence-electron chi connectivity index (χ2n) is 2.37. The summed E-state index contributed by atoms with van der Waals surface area (Å²) in [5.41, 5.74) is 2.65. The van der Waals surface area contributed by atoms with Crippen molar-refractivity contribution in [1.29, 1.82) is 0 Å². The van der Waals surface area contributed by atoms with Gasteiger partial charge in [-0.1, -0.05) is 30.3 Å². The largest absolute Gasteiger partial charge is 0.492 e.